The lowest BCUT2D eigenvalue weighted by Crippen LogP contribution is -2.38. The van der Waals surface area contributed by atoms with Gasteiger partial charge in [-0.15, -0.1) is 0 Å². The number of nitriles is 1. The van der Waals surface area contributed by atoms with Gasteiger partial charge in [-0.2, -0.15) is 5.26 Å². The molecule has 0 spiro atoms. The molecule has 0 aromatic heterocycles. The lowest BCUT2D eigenvalue weighted by Gasteiger charge is -2.34. The number of primary sulfonamides is 1. The predicted molar refractivity (Wildman–Crippen MR) is 81.3 cm³/mol. The van der Waals surface area contributed by atoms with Gasteiger partial charge in [-0.3, -0.25) is 4.79 Å². The number of carbonyl (C=O) groups is 1. The van der Waals surface area contributed by atoms with Gasteiger partial charge < -0.3 is 10.6 Å². The van der Waals surface area contributed by atoms with Crippen molar-refractivity contribution in [3.05, 3.63) is 23.8 Å². The van der Waals surface area contributed by atoms with Gasteiger partial charge in [0.2, 0.25) is 15.9 Å². The molecule has 0 unspecified atom stereocenters. The fraction of sp³-hybridized carbons (Fsp3) is 0.429. The normalized spacial score (nSPS) is 18.7. The zero-order chi connectivity index (χ0) is 16.3. The molecule has 118 valence electrons. The van der Waals surface area contributed by atoms with Crippen LogP contribution in [-0.4, -0.2) is 27.4 Å². The van der Waals surface area contributed by atoms with Crippen LogP contribution in [0, 0.1) is 17.2 Å². The summed E-state index contributed by atoms with van der Waals surface area (Å²) in [6.45, 7) is 1.21. The maximum Gasteiger partial charge on any atom is 0.240 e. The summed E-state index contributed by atoms with van der Waals surface area (Å²) >= 11 is 0. The Balaban J connectivity index is 2.35. The number of hydrogen-bond acceptors (Lipinski definition) is 5. The van der Waals surface area contributed by atoms with Crippen LogP contribution >= 0.6 is 0 Å². The molecule has 0 radical (unpaired) electrons. The van der Waals surface area contributed by atoms with Crippen molar-refractivity contribution >= 4 is 21.6 Å². The van der Waals surface area contributed by atoms with E-state index in [2.05, 4.69) is 0 Å². The number of nitrogens with zero attached hydrogens (tertiary/aromatic N) is 2. The number of primary amides is 1. The Morgan fingerprint density at radius 3 is 2.77 bits per heavy atom. The molecule has 2 rings (SSSR count). The lowest BCUT2D eigenvalue weighted by atomic mass is 9.94. The van der Waals surface area contributed by atoms with Crippen LogP contribution in [0.1, 0.15) is 24.8 Å². The minimum Gasteiger partial charge on any atom is -0.370 e. The smallest absolute Gasteiger partial charge is 0.240 e. The molecule has 1 aromatic rings. The van der Waals surface area contributed by atoms with E-state index in [0.29, 0.717) is 18.8 Å². The molecule has 0 saturated carbocycles. The molecule has 0 bridgehead atoms. The van der Waals surface area contributed by atoms with E-state index in [4.69, 9.17) is 16.1 Å². The first-order chi connectivity index (χ1) is 10.3. The fourth-order valence-electron chi connectivity index (χ4n) is 2.81. The van der Waals surface area contributed by atoms with Gasteiger partial charge in [0, 0.05) is 19.5 Å². The fourth-order valence-corrected chi connectivity index (χ4v) is 3.59. The number of sulfonamides is 1. The van der Waals surface area contributed by atoms with E-state index in [1.807, 2.05) is 11.0 Å². The maximum atomic E-state index is 11.8. The number of anilines is 1. The number of piperidine rings is 1. The number of benzene rings is 1. The van der Waals surface area contributed by atoms with Gasteiger partial charge in [0.1, 0.15) is 4.90 Å². The van der Waals surface area contributed by atoms with Gasteiger partial charge in [0.25, 0.3) is 0 Å². The van der Waals surface area contributed by atoms with Crippen molar-refractivity contribution in [2.24, 2.45) is 16.8 Å². The van der Waals surface area contributed by atoms with Crippen LogP contribution in [0.3, 0.4) is 0 Å². The summed E-state index contributed by atoms with van der Waals surface area (Å²) in [6, 6.07) is 6.33. The van der Waals surface area contributed by atoms with Crippen LogP contribution in [0.5, 0.6) is 0 Å². The van der Waals surface area contributed by atoms with Crippen molar-refractivity contribution in [1.82, 2.24) is 0 Å². The first-order valence-electron chi connectivity index (χ1n) is 6.91. The van der Waals surface area contributed by atoms with E-state index in [1.165, 1.54) is 6.07 Å². The number of rotatable bonds is 4. The standard InChI is InChI=1S/C14H18N4O3S/c15-8-10-3-4-12(13(6-10)22(17,20)21)18-5-1-2-11(9-18)7-14(16)19/h3-4,6,11H,1-2,5,7,9H2,(H2,16,19)(H2,17,20,21)/t11-/m1/s1. The minimum absolute atomic E-state index is 0.0636. The van der Waals surface area contributed by atoms with Crippen LogP contribution < -0.4 is 15.8 Å². The van der Waals surface area contributed by atoms with E-state index in [-0.39, 0.29) is 28.7 Å². The molecule has 1 saturated heterocycles. The molecule has 1 aliphatic heterocycles. The molecule has 1 atom stereocenters. The van der Waals surface area contributed by atoms with E-state index in [0.717, 1.165) is 12.8 Å². The third-order valence-electron chi connectivity index (χ3n) is 3.74. The molecule has 0 aliphatic carbocycles. The van der Waals surface area contributed by atoms with E-state index in [1.54, 1.807) is 12.1 Å². The van der Waals surface area contributed by atoms with Crippen LogP contribution in [-0.2, 0) is 14.8 Å². The predicted octanol–water partition coefficient (Wildman–Crippen LogP) is 0.297. The summed E-state index contributed by atoms with van der Waals surface area (Å²) in [6.07, 6.45) is 1.99. The molecule has 1 aliphatic rings. The van der Waals surface area contributed by atoms with Crippen molar-refractivity contribution in [2.75, 3.05) is 18.0 Å². The second-order valence-corrected chi connectivity index (χ2v) is 6.99. The quantitative estimate of drug-likeness (QED) is 0.823. The molecule has 1 fully saturated rings. The summed E-state index contributed by atoms with van der Waals surface area (Å²) in [4.78, 5) is 12.9. The lowest BCUT2D eigenvalue weighted by molar-refractivity contribution is -0.118. The molecular weight excluding hydrogens is 304 g/mol. The summed E-state index contributed by atoms with van der Waals surface area (Å²) < 4.78 is 23.6. The average Bonchev–Trinajstić information content (AvgIpc) is 2.45. The Kier molecular flexibility index (Phi) is 4.68. The third-order valence-corrected chi connectivity index (χ3v) is 4.69. The minimum atomic E-state index is -3.94. The highest BCUT2D eigenvalue weighted by Gasteiger charge is 2.25. The number of hydrogen-bond donors (Lipinski definition) is 2. The monoisotopic (exact) mass is 322 g/mol. The van der Waals surface area contributed by atoms with Crippen LogP contribution in [0.25, 0.3) is 0 Å². The van der Waals surface area contributed by atoms with Crippen molar-refractivity contribution in [1.29, 1.82) is 5.26 Å². The second kappa shape index (κ2) is 6.34. The van der Waals surface area contributed by atoms with Gasteiger partial charge in [-0.25, -0.2) is 13.6 Å². The van der Waals surface area contributed by atoms with Crippen molar-refractivity contribution < 1.29 is 13.2 Å². The molecule has 1 heterocycles. The Morgan fingerprint density at radius 2 is 2.18 bits per heavy atom. The van der Waals surface area contributed by atoms with E-state index >= 15 is 0 Å². The SMILES string of the molecule is N#Cc1ccc(N2CCC[C@H](CC(N)=O)C2)c(S(N)(=O)=O)c1. The Morgan fingerprint density at radius 1 is 1.45 bits per heavy atom. The van der Waals surface area contributed by atoms with E-state index in [9.17, 15) is 13.2 Å². The van der Waals surface area contributed by atoms with Gasteiger partial charge in [-0.1, -0.05) is 0 Å². The topological polar surface area (TPSA) is 130 Å². The zero-order valence-corrected chi connectivity index (χ0v) is 12.8. The van der Waals surface area contributed by atoms with Crippen LogP contribution in [0.15, 0.2) is 23.1 Å². The molecule has 22 heavy (non-hydrogen) atoms. The molecular formula is C14H18N4O3S. The summed E-state index contributed by atoms with van der Waals surface area (Å²) in [5.74, 6) is -0.270. The first-order valence-corrected chi connectivity index (χ1v) is 8.46. The Hall–Kier alpha value is -2.11. The largest absolute Gasteiger partial charge is 0.370 e. The van der Waals surface area contributed by atoms with Gasteiger partial charge in [0.05, 0.1) is 17.3 Å². The number of amides is 1. The summed E-state index contributed by atoms with van der Waals surface area (Å²) in [5, 5.41) is 14.2. The van der Waals surface area contributed by atoms with Crippen molar-refractivity contribution in [3.63, 3.8) is 0 Å². The van der Waals surface area contributed by atoms with E-state index < -0.39 is 10.0 Å². The molecule has 4 N–H and O–H groups in total. The maximum absolute atomic E-state index is 11.8. The Labute approximate surface area is 129 Å². The van der Waals surface area contributed by atoms with Crippen LogP contribution in [0.4, 0.5) is 5.69 Å². The van der Waals surface area contributed by atoms with Crippen LogP contribution in [0.2, 0.25) is 0 Å². The van der Waals surface area contributed by atoms with Crippen molar-refractivity contribution in [3.8, 4) is 6.07 Å². The zero-order valence-electron chi connectivity index (χ0n) is 12.0. The highest BCUT2D eigenvalue weighted by Crippen LogP contribution is 2.30. The summed E-state index contributed by atoms with van der Waals surface area (Å²) in [5.41, 5.74) is 5.94. The first kappa shape index (κ1) is 16.3. The number of carbonyl (C=O) groups excluding carboxylic acids is 1. The molecule has 1 amide bonds. The highest BCUT2D eigenvalue weighted by molar-refractivity contribution is 7.89. The Bertz CT molecular complexity index is 724. The van der Waals surface area contributed by atoms with Gasteiger partial charge in [0.15, 0.2) is 0 Å². The number of nitrogens with two attached hydrogens (primary N) is 2. The highest BCUT2D eigenvalue weighted by atomic mass is 32.2. The molecule has 7 nitrogen and oxygen atoms in total. The summed E-state index contributed by atoms with van der Waals surface area (Å²) in [7, 11) is -3.94. The van der Waals surface area contributed by atoms with Crippen molar-refractivity contribution in [2.45, 2.75) is 24.2 Å². The average molecular weight is 322 g/mol. The van der Waals surface area contributed by atoms with Gasteiger partial charge in [-0.05, 0) is 37.0 Å². The third kappa shape index (κ3) is 3.75. The molecule has 8 heteroatoms. The molecule has 1 aromatic carbocycles. The van der Waals surface area contributed by atoms with Gasteiger partial charge >= 0.3 is 0 Å². The second-order valence-electron chi connectivity index (χ2n) is 5.46.